The lowest BCUT2D eigenvalue weighted by molar-refractivity contribution is -0.184. The number of alkyl halides is 3. The lowest BCUT2D eigenvalue weighted by atomic mass is 10.2. The highest BCUT2D eigenvalue weighted by Gasteiger charge is 2.43. The van der Waals surface area contributed by atoms with E-state index in [2.05, 4.69) is 10.6 Å². The zero-order valence-electron chi connectivity index (χ0n) is 11.3. The molecule has 1 fully saturated rings. The number of carbonyl (C=O) groups is 1. The second kappa shape index (κ2) is 9.38. The highest BCUT2D eigenvalue weighted by atomic mass is 35.5. The van der Waals surface area contributed by atoms with E-state index in [-0.39, 0.29) is 19.0 Å². The van der Waals surface area contributed by atoms with Crippen LogP contribution in [0.15, 0.2) is 0 Å². The largest absolute Gasteiger partial charge is 0.405 e. The molecule has 1 atom stereocenters. The number of nitrogens with zero attached hydrogens (tertiary/aromatic N) is 1. The third kappa shape index (κ3) is 6.74. The fraction of sp³-hybridized carbons (Fsp3) is 0.909. The van der Waals surface area contributed by atoms with Gasteiger partial charge in [0.2, 0.25) is 5.91 Å². The number of ether oxygens (including phenoxy) is 1. The average molecular weight is 320 g/mol. The number of halogens is 4. The Labute approximate surface area is 122 Å². The van der Waals surface area contributed by atoms with Gasteiger partial charge in [-0.15, -0.1) is 12.4 Å². The summed E-state index contributed by atoms with van der Waals surface area (Å²) in [6, 6.07) is -1.64. The third-order valence-electron chi connectivity index (χ3n) is 2.90. The fourth-order valence-electron chi connectivity index (χ4n) is 1.90. The summed E-state index contributed by atoms with van der Waals surface area (Å²) in [5.41, 5.74) is 0. The van der Waals surface area contributed by atoms with Crippen LogP contribution in [0.2, 0.25) is 0 Å². The summed E-state index contributed by atoms with van der Waals surface area (Å²) in [6.45, 7) is 3.13. The highest BCUT2D eigenvalue weighted by Crippen LogP contribution is 2.24. The molecule has 0 saturated carbocycles. The zero-order chi connectivity index (χ0) is 14.3. The van der Waals surface area contributed by atoms with Crippen LogP contribution in [0.5, 0.6) is 0 Å². The molecule has 1 heterocycles. The molecule has 120 valence electrons. The molecule has 0 aromatic rings. The maximum Gasteiger partial charge on any atom is 0.405 e. The average Bonchev–Trinajstić information content (AvgIpc) is 2.36. The van der Waals surface area contributed by atoms with E-state index in [1.165, 1.54) is 4.90 Å². The molecule has 2 N–H and O–H groups in total. The summed E-state index contributed by atoms with van der Waals surface area (Å²) < 4.78 is 43.7. The third-order valence-corrected chi connectivity index (χ3v) is 2.90. The van der Waals surface area contributed by atoms with Crippen molar-refractivity contribution >= 4 is 18.3 Å². The first-order valence-electron chi connectivity index (χ1n) is 6.31. The number of nitrogens with one attached hydrogen (secondary N) is 2. The second-order valence-corrected chi connectivity index (χ2v) is 4.28. The van der Waals surface area contributed by atoms with Crippen LogP contribution in [0.4, 0.5) is 13.2 Å². The standard InChI is InChI=1S/C11H20F3N3O2.ClH/c1-2-19-8-10(18)16-7-9(11(12,13)14)17-5-3-15-4-6-17;/h9,15H,2-8H2,1H3,(H,16,18);1H. The Balaban J connectivity index is 0.00000361. The Bertz CT molecular complexity index is 287. The quantitative estimate of drug-likeness (QED) is 0.744. The molecule has 0 spiro atoms. The molecule has 0 aromatic carbocycles. The number of piperazine rings is 1. The van der Waals surface area contributed by atoms with Crippen LogP contribution in [0.3, 0.4) is 0 Å². The minimum atomic E-state index is -4.35. The summed E-state index contributed by atoms with van der Waals surface area (Å²) in [5.74, 6) is -0.522. The van der Waals surface area contributed by atoms with Crippen molar-refractivity contribution in [2.45, 2.75) is 19.1 Å². The molecule has 20 heavy (non-hydrogen) atoms. The van der Waals surface area contributed by atoms with Gasteiger partial charge in [0.25, 0.3) is 0 Å². The van der Waals surface area contributed by atoms with Crippen LogP contribution >= 0.6 is 12.4 Å². The zero-order valence-corrected chi connectivity index (χ0v) is 12.1. The van der Waals surface area contributed by atoms with Gasteiger partial charge in [-0.3, -0.25) is 9.69 Å². The predicted molar refractivity (Wildman–Crippen MR) is 71.0 cm³/mol. The first-order valence-corrected chi connectivity index (χ1v) is 6.31. The monoisotopic (exact) mass is 319 g/mol. The molecule has 0 radical (unpaired) electrons. The van der Waals surface area contributed by atoms with E-state index in [0.717, 1.165) is 0 Å². The predicted octanol–water partition coefficient (Wildman–Crippen LogP) is 0.397. The van der Waals surface area contributed by atoms with Crippen molar-refractivity contribution in [3.05, 3.63) is 0 Å². The van der Waals surface area contributed by atoms with E-state index in [4.69, 9.17) is 4.74 Å². The Morgan fingerprint density at radius 2 is 2.00 bits per heavy atom. The number of rotatable bonds is 6. The van der Waals surface area contributed by atoms with E-state index in [1.807, 2.05) is 0 Å². The van der Waals surface area contributed by atoms with Crippen LogP contribution in [0.1, 0.15) is 6.92 Å². The van der Waals surface area contributed by atoms with Crippen LogP contribution in [-0.2, 0) is 9.53 Å². The smallest absolute Gasteiger partial charge is 0.372 e. The van der Waals surface area contributed by atoms with Gasteiger partial charge in [0.05, 0.1) is 0 Å². The van der Waals surface area contributed by atoms with E-state index in [0.29, 0.717) is 32.8 Å². The van der Waals surface area contributed by atoms with E-state index in [9.17, 15) is 18.0 Å². The van der Waals surface area contributed by atoms with Gasteiger partial charge in [0.1, 0.15) is 12.6 Å². The topological polar surface area (TPSA) is 53.6 Å². The summed E-state index contributed by atoms with van der Waals surface area (Å²) in [6.07, 6.45) is -4.35. The molecular weight excluding hydrogens is 299 g/mol. The van der Waals surface area contributed by atoms with E-state index in [1.54, 1.807) is 6.92 Å². The number of carbonyl (C=O) groups excluding carboxylic acids is 1. The van der Waals surface area contributed by atoms with Crippen molar-refractivity contribution in [1.29, 1.82) is 0 Å². The van der Waals surface area contributed by atoms with E-state index < -0.39 is 24.7 Å². The molecule has 1 unspecified atom stereocenters. The second-order valence-electron chi connectivity index (χ2n) is 4.28. The Hall–Kier alpha value is -0.570. The van der Waals surface area contributed by atoms with Crippen LogP contribution in [0.25, 0.3) is 0 Å². The Morgan fingerprint density at radius 3 is 2.50 bits per heavy atom. The molecule has 0 aliphatic carbocycles. The summed E-state index contributed by atoms with van der Waals surface area (Å²) >= 11 is 0. The minimum absolute atomic E-state index is 0. The molecule has 1 aliphatic rings. The SMILES string of the molecule is CCOCC(=O)NCC(N1CCNCC1)C(F)(F)F.Cl. The van der Waals surface area contributed by atoms with E-state index >= 15 is 0 Å². The lowest BCUT2D eigenvalue weighted by Crippen LogP contribution is -2.57. The van der Waals surface area contributed by atoms with Crippen molar-refractivity contribution in [1.82, 2.24) is 15.5 Å². The molecule has 0 bridgehead atoms. The van der Waals surface area contributed by atoms with Crippen molar-refractivity contribution in [3.63, 3.8) is 0 Å². The highest BCUT2D eigenvalue weighted by molar-refractivity contribution is 5.85. The fourth-order valence-corrected chi connectivity index (χ4v) is 1.90. The first-order chi connectivity index (χ1) is 8.95. The molecule has 1 saturated heterocycles. The molecule has 1 rings (SSSR count). The van der Waals surface area contributed by atoms with Gasteiger partial charge in [0, 0.05) is 39.3 Å². The van der Waals surface area contributed by atoms with Gasteiger partial charge in [-0.25, -0.2) is 0 Å². The Kier molecular flexibility index (Phi) is 9.11. The Morgan fingerprint density at radius 1 is 1.40 bits per heavy atom. The number of amides is 1. The molecule has 5 nitrogen and oxygen atoms in total. The minimum Gasteiger partial charge on any atom is -0.372 e. The first kappa shape index (κ1) is 19.4. The maximum atomic E-state index is 13.0. The van der Waals surface area contributed by atoms with Gasteiger partial charge in [0.15, 0.2) is 0 Å². The van der Waals surface area contributed by atoms with Gasteiger partial charge in [-0.2, -0.15) is 13.2 Å². The van der Waals surface area contributed by atoms with Gasteiger partial charge >= 0.3 is 6.18 Å². The van der Waals surface area contributed by atoms with Gasteiger partial charge in [-0.1, -0.05) is 0 Å². The normalized spacial score (nSPS) is 18.2. The van der Waals surface area contributed by atoms with Crippen molar-refractivity contribution in [2.75, 3.05) is 45.9 Å². The van der Waals surface area contributed by atoms with Crippen molar-refractivity contribution < 1.29 is 22.7 Å². The maximum absolute atomic E-state index is 13.0. The van der Waals surface area contributed by atoms with Gasteiger partial charge < -0.3 is 15.4 Å². The van der Waals surface area contributed by atoms with Crippen molar-refractivity contribution in [2.24, 2.45) is 0 Å². The van der Waals surface area contributed by atoms with Crippen LogP contribution < -0.4 is 10.6 Å². The van der Waals surface area contributed by atoms with Crippen LogP contribution in [-0.4, -0.2) is 69.0 Å². The molecule has 1 aliphatic heterocycles. The van der Waals surface area contributed by atoms with Crippen molar-refractivity contribution in [3.8, 4) is 0 Å². The number of hydrogen-bond donors (Lipinski definition) is 2. The lowest BCUT2D eigenvalue weighted by Gasteiger charge is -2.35. The summed E-state index contributed by atoms with van der Waals surface area (Å²) in [7, 11) is 0. The summed E-state index contributed by atoms with van der Waals surface area (Å²) in [5, 5.41) is 5.27. The molecule has 0 aromatic heterocycles. The molecule has 9 heteroatoms. The van der Waals surface area contributed by atoms with Gasteiger partial charge in [-0.05, 0) is 6.92 Å². The number of hydrogen-bond acceptors (Lipinski definition) is 4. The van der Waals surface area contributed by atoms with Crippen LogP contribution in [0, 0.1) is 0 Å². The molecule has 1 amide bonds. The summed E-state index contributed by atoms with van der Waals surface area (Å²) in [4.78, 5) is 12.6. The molecular formula is C11H21ClF3N3O2.